The molecule has 0 spiro atoms. The lowest BCUT2D eigenvalue weighted by Crippen LogP contribution is -3.05. The minimum atomic E-state index is -3.92. The van der Waals surface area contributed by atoms with Gasteiger partial charge in [0.2, 0.25) is 5.91 Å². The van der Waals surface area contributed by atoms with Crippen LogP contribution in [0.1, 0.15) is 26.7 Å². The zero-order chi connectivity index (χ0) is 14.8. The van der Waals surface area contributed by atoms with Gasteiger partial charge in [0.25, 0.3) is 0 Å². The van der Waals surface area contributed by atoms with Gasteiger partial charge in [-0.25, -0.2) is 8.42 Å². The number of quaternary nitrogens is 1. The number of hydrogen-bond donors (Lipinski definition) is 2. The Labute approximate surface area is 110 Å². The van der Waals surface area contributed by atoms with Gasteiger partial charge in [0, 0.05) is 25.1 Å². The van der Waals surface area contributed by atoms with Gasteiger partial charge in [-0.05, 0) is 6.42 Å². The molecule has 0 aromatic carbocycles. The van der Waals surface area contributed by atoms with Crippen molar-refractivity contribution in [3.63, 3.8) is 0 Å². The van der Waals surface area contributed by atoms with Crippen LogP contribution >= 0.6 is 0 Å². The quantitative estimate of drug-likeness (QED) is 0.475. The predicted octanol–water partition coefficient (Wildman–Crippen LogP) is -1.16. The summed E-state index contributed by atoms with van der Waals surface area (Å²) in [4.78, 5) is 12.7. The van der Waals surface area contributed by atoms with Crippen molar-refractivity contribution in [2.75, 3.05) is 33.4 Å². The lowest BCUT2D eigenvalue weighted by molar-refractivity contribution is -0.858. The molecule has 0 aliphatic rings. The molecule has 0 heterocycles. The molecule has 0 radical (unpaired) electrons. The first-order valence-electron chi connectivity index (χ1n) is 6.05. The molecule has 7 heteroatoms. The van der Waals surface area contributed by atoms with Crippen molar-refractivity contribution in [3.05, 3.63) is 0 Å². The van der Waals surface area contributed by atoms with Crippen LogP contribution in [0.4, 0.5) is 0 Å². The maximum absolute atomic E-state index is 11.3. The van der Waals surface area contributed by atoms with Gasteiger partial charge in [0.05, 0.1) is 30.8 Å². The summed E-state index contributed by atoms with van der Waals surface area (Å²) in [5, 5.41) is 2.94. The molecule has 0 bridgehead atoms. The summed E-state index contributed by atoms with van der Waals surface area (Å²) in [5.74, 6) is 0.350. The number of rotatable bonds is 6. The zero-order valence-electron chi connectivity index (χ0n) is 11.9. The fourth-order valence-corrected chi connectivity index (χ4v) is 1.01. The van der Waals surface area contributed by atoms with Gasteiger partial charge in [0.15, 0.2) is 0 Å². The Morgan fingerprint density at radius 1 is 1.39 bits per heavy atom. The summed E-state index contributed by atoms with van der Waals surface area (Å²) < 4.78 is 27.2. The van der Waals surface area contributed by atoms with Crippen molar-refractivity contribution in [1.82, 2.24) is 5.32 Å². The molecular formula is C11H26N2O4S. The molecule has 0 aromatic rings. The molecule has 0 saturated carbocycles. The Morgan fingerprint density at radius 3 is 2.17 bits per heavy atom. The first-order valence-corrected chi connectivity index (χ1v) is 7.87. The fourth-order valence-electron chi connectivity index (χ4n) is 1.01. The zero-order valence-corrected chi connectivity index (χ0v) is 12.8. The van der Waals surface area contributed by atoms with Gasteiger partial charge in [0.1, 0.15) is 0 Å². The molecule has 0 aliphatic carbocycles. The maximum atomic E-state index is 11.3. The minimum Gasteiger partial charge on any atom is -0.748 e. The standard InChI is InChI=1S/C10H22N2O.CH4O3S/c1-5-9(2)10(13)11-7-6-8-12(3)4;1-5(2,3)4/h9H,5-8H2,1-4H3,(H,11,13);1H3,(H,2,3,4). The number of carbonyl (C=O) groups excluding carboxylic acids is 1. The highest BCUT2D eigenvalue weighted by molar-refractivity contribution is 7.84. The third kappa shape index (κ3) is 20.7. The van der Waals surface area contributed by atoms with Crippen LogP contribution in [0.15, 0.2) is 0 Å². The Kier molecular flexibility index (Phi) is 11.2. The van der Waals surface area contributed by atoms with Gasteiger partial charge >= 0.3 is 0 Å². The van der Waals surface area contributed by atoms with Crippen LogP contribution in [0, 0.1) is 5.92 Å². The van der Waals surface area contributed by atoms with Crippen LogP contribution in [0.5, 0.6) is 0 Å². The molecule has 0 rings (SSSR count). The topological polar surface area (TPSA) is 90.7 Å². The summed E-state index contributed by atoms with van der Waals surface area (Å²) in [6.45, 7) is 5.93. The third-order valence-electron chi connectivity index (χ3n) is 2.21. The largest absolute Gasteiger partial charge is 0.748 e. The summed E-state index contributed by atoms with van der Waals surface area (Å²) >= 11 is 0. The molecule has 1 amide bonds. The Morgan fingerprint density at radius 2 is 1.83 bits per heavy atom. The van der Waals surface area contributed by atoms with Gasteiger partial charge in [-0.1, -0.05) is 13.8 Å². The number of nitrogens with one attached hydrogen (secondary N) is 2. The second-order valence-electron chi connectivity index (χ2n) is 4.62. The van der Waals surface area contributed by atoms with Crippen LogP contribution in [0.25, 0.3) is 0 Å². The van der Waals surface area contributed by atoms with E-state index in [0.717, 1.165) is 25.9 Å². The third-order valence-corrected chi connectivity index (χ3v) is 2.21. The average Bonchev–Trinajstić information content (AvgIpc) is 2.20. The molecule has 0 aliphatic heterocycles. The van der Waals surface area contributed by atoms with E-state index in [4.69, 9.17) is 13.0 Å². The number of carbonyl (C=O) groups is 1. The average molecular weight is 282 g/mol. The first kappa shape index (κ1) is 19.7. The van der Waals surface area contributed by atoms with E-state index in [-0.39, 0.29) is 11.8 Å². The van der Waals surface area contributed by atoms with E-state index in [2.05, 4.69) is 19.4 Å². The highest BCUT2D eigenvalue weighted by Gasteiger charge is 2.08. The van der Waals surface area contributed by atoms with E-state index in [1.165, 1.54) is 4.90 Å². The first-order chi connectivity index (χ1) is 8.07. The second kappa shape index (κ2) is 10.3. The van der Waals surface area contributed by atoms with E-state index in [1.54, 1.807) is 0 Å². The van der Waals surface area contributed by atoms with Crippen molar-refractivity contribution >= 4 is 16.0 Å². The molecular weight excluding hydrogens is 256 g/mol. The summed E-state index contributed by atoms with van der Waals surface area (Å²) in [6, 6.07) is 0. The van der Waals surface area contributed by atoms with Crippen LogP contribution in [-0.2, 0) is 14.9 Å². The van der Waals surface area contributed by atoms with Crippen LogP contribution in [-0.4, -0.2) is 52.3 Å². The molecule has 110 valence electrons. The van der Waals surface area contributed by atoms with E-state index < -0.39 is 10.1 Å². The monoisotopic (exact) mass is 282 g/mol. The molecule has 0 saturated heterocycles. The lowest BCUT2D eigenvalue weighted by atomic mass is 10.1. The molecule has 0 fully saturated rings. The van der Waals surface area contributed by atoms with Crippen LogP contribution < -0.4 is 10.2 Å². The number of hydrogen-bond acceptors (Lipinski definition) is 4. The molecule has 0 aromatic heterocycles. The summed E-state index contributed by atoms with van der Waals surface area (Å²) in [5.41, 5.74) is 0. The van der Waals surface area contributed by atoms with E-state index in [0.29, 0.717) is 6.26 Å². The van der Waals surface area contributed by atoms with Gasteiger partial charge < -0.3 is 14.8 Å². The minimum absolute atomic E-state index is 0.159. The maximum Gasteiger partial charge on any atom is 0.222 e. The van der Waals surface area contributed by atoms with E-state index in [1.807, 2.05) is 13.8 Å². The molecule has 18 heavy (non-hydrogen) atoms. The number of amides is 1. The fraction of sp³-hybridized carbons (Fsp3) is 0.909. The smallest absolute Gasteiger partial charge is 0.222 e. The summed E-state index contributed by atoms with van der Waals surface area (Å²) in [7, 11) is 0.326. The van der Waals surface area contributed by atoms with Crippen molar-refractivity contribution in [2.45, 2.75) is 26.7 Å². The van der Waals surface area contributed by atoms with Gasteiger partial charge in [-0.2, -0.15) is 0 Å². The Bertz CT molecular complexity index is 307. The Hall–Kier alpha value is -0.660. The van der Waals surface area contributed by atoms with Crippen molar-refractivity contribution in [1.29, 1.82) is 0 Å². The van der Waals surface area contributed by atoms with Gasteiger partial charge in [-0.15, -0.1) is 0 Å². The van der Waals surface area contributed by atoms with Gasteiger partial charge in [-0.3, -0.25) is 4.79 Å². The second-order valence-corrected chi connectivity index (χ2v) is 6.02. The van der Waals surface area contributed by atoms with Crippen molar-refractivity contribution in [2.24, 2.45) is 5.92 Å². The highest BCUT2D eigenvalue weighted by Crippen LogP contribution is 1.98. The van der Waals surface area contributed by atoms with Crippen LogP contribution in [0.2, 0.25) is 0 Å². The molecule has 1 atom stereocenters. The normalized spacial score (nSPS) is 12.6. The lowest BCUT2D eigenvalue weighted by Gasteiger charge is -2.10. The molecule has 1 unspecified atom stereocenters. The molecule has 6 nitrogen and oxygen atoms in total. The Balaban J connectivity index is 0. The molecule has 2 N–H and O–H groups in total. The summed E-state index contributed by atoms with van der Waals surface area (Å²) in [6.07, 6.45) is 2.59. The van der Waals surface area contributed by atoms with Crippen LogP contribution in [0.3, 0.4) is 0 Å². The van der Waals surface area contributed by atoms with E-state index in [9.17, 15) is 4.79 Å². The highest BCUT2D eigenvalue weighted by atomic mass is 32.2. The van der Waals surface area contributed by atoms with Crippen molar-refractivity contribution in [3.8, 4) is 0 Å². The SMILES string of the molecule is CCC(C)C(=O)NCCC[NH+](C)C.CS(=O)(=O)[O-]. The van der Waals surface area contributed by atoms with E-state index >= 15 is 0 Å². The van der Waals surface area contributed by atoms with Crippen molar-refractivity contribution < 1.29 is 22.7 Å². The predicted molar refractivity (Wildman–Crippen MR) is 70.4 cm³/mol.